The van der Waals surface area contributed by atoms with Gasteiger partial charge in [-0.1, -0.05) is 73.3 Å². The van der Waals surface area contributed by atoms with Crippen molar-refractivity contribution in [2.24, 2.45) is 0 Å². The molecule has 1 aliphatic rings. The smallest absolute Gasteiger partial charge is 0.244 e. The Morgan fingerprint density at radius 3 is 2.36 bits per heavy atom. The second-order valence-electron chi connectivity index (χ2n) is 9.20. The highest BCUT2D eigenvalue weighted by Crippen LogP contribution is 2.34. The minimum absolute atomic E-state index is 0.0360. The first-order valence-electron chi connectivity index (χ1n) is 12.1. The molecule has 1 saturated carbocycles. The second-order valence-corrected chi connectivity index (χ2v) is 11.9. The number of sulfonamides is 1. The highest BCUT2D eigenvalue weighted by Gasteiger charge is 2.33. The largest absolute Gasteiger partial charge is 0.352 e. The summed E-state index contributed by atoms with van der Waals surface area (Å²) in [6.07, 6.45) is 5.36. The maximum atomic E-state index is 13.8. The Kier molecular flexibility index (Phi) is 9.66. The first kappa shape index (κ1) is 28.3. The fraction of sp³-hybridized carbons (Fsp3) is 0.462. The van der Waals surface area contributed by atoms with Gasteiger partial charge in [-0.15, -0.1) is 0 Å². The van der Waals surface area contributed by atoms with Gasteiger partial charge < -0.3 is 10.2 Å². The van der Waals surface area contributed by atoms with E-state index in [0.717, 1.165) is 47.4 Å². The van der Waals surface area contributed by atoms with Gasteiger partial charge in [0.1, 0.15) is 12.6 Å². The Labute approximate surface area is 223 Å². The molecule has 0 radical (unpaired) electrons. The Morgan fingerprint density at radius 1 is 1.08 bits per heavy atom. The van der Waals surface area contributed by atoms with E-state index in [4.69, 9.17) is 23.2 Å². The van der Waals surface area contributed by atoms with Crippen LogP contribution in [0.3, 0.4) is 0 Å². The van der Waals surface area contributed by atoms with E-state index in [9.17, 15) is 18.0 Å². The van der Waals surface area contributed by atoms with E-state index in [1.165, 1.54) is 11.0 Å². The number of hydrogen-bond donors (Lipinski definition) is 1. The van der Waals surface area contributed by atoms with Gasteiger partial charge in [0, 0.05) is 12.6 Å². The van der Waals surface area contributed by atoms with E-state index in [1.54, 1.807) is 12.1 Å². The molecule has 0 aromatic heterocycles. The topological polar surface area (TPSA) is 86.8 Å². The van der Waals surface area contributed by atoms with E-state index in [0.29, 0.717) is 6.42 Å². The Bertz CT molecular complexity index is 1200. The van der Waals surface area contributed by atoms with Crippen LogP contribution in [0.1, 0.15) is 50.2 Å². The van der Waals surface area contributed by atoms with Crippen LogP contribution >= 0.6 is 23.2 Å². The van der Waals surface area contributed by atoms with Crippen LogP contribution in [0.15, 0.2) is 42.5 Å². The van der Waals surface area contributed by atoms with Crippen LogP contribution in [-0.2, 0) is 26.2 Å². The molecule has 0 unspecified atom stereocenters. The number of hydrogen-bond acceptors (Lipinski definition) is 4. The number of amides is 2. The van der Waals surface area contributed by atoms with Crippen LogP contribution in [0.2, 0.25) is 10.0 Å². The Hall–Kier alpha value is -2.29. The lowest BCUT2D eigenvalue weighted by Gasteiger charge is -2.34. The Balaban J connectivity index is 1.96. The van der Waals surface area contributed by atoms with Crippen molar-refractivity contribution < 1.29 is 18.0 Å². The number of halogens is 2. The van der Waals surface area contributed by atoms with Crippen molar-refractivity contribution in [1.29, 1.82) is 0 Å². The highest BCUT2D eigenvalue weighted by molar-refractivity contribution is 7.92. The summed E-state index contributed by atoms with van der Waals surface area (Å²) in [6, 6.07) is 11.6. The molecule has 36 heavy (non-hydrogen) atoms. The maximum Gasteiger partial charge on any atom is 0.244 e. The number of anilines is 1. The quantitative estimate of drug-likeness (QED) is 0.451. The molecule has 2 aromatic rings. The zero-order chi connectivity index (χ0) is 26.5. The van der Waals surface area contributed by atoms with Crippen molar-refractivity contribution in [3.63, 3.8) is 0 Å². The van der Waals surface area contributed by atoms with Gasteiger partial charge in [0.05, 0.1) is 22.0 Å². The first-order valence-corrected chi connectivity index (χ1v) is 14.7. The number of nitrogens with zero attached hydrogens (tertiary/aromatic N) is 2. The van der Waals surface area contributed by atoms with Crippen LogP contribution in [0, 0.1) is 6.92 Å². The molecule has 1 aliphatic carbocycles. The van der Waals surface area contributed by atoms with Gasteiger partial charge in [-0.3, -0.25) is 13.9 Å². The molecule has 1 atom stereocenters. The third kappa shape index (κ3) is 6.93. The predicted octanol–water partition coefficient (Wildman–Crippen LogP) is 4.93. The van der Waals surface area contributed by atoms with E-state index in [-0.39, 0.29) is 34.2 Å². The standard InChI is InChI=1S/C26H33Cl2N3O4S/c1-4-22(26(33)29-20-12-7-8-13-20)30(16-19-11-6-5-10-18(19)2)24(32)17-31(36(3,34)35)23-15-9-14-21(27)25(23)28/h5-6,9-11,14-15,20,22H,4,7-8,12-13,16-17H2,1-3H3,(H,29,33)/t22-/m0/s1. The third-order valence-electron chi connectivity index (χ3n) is 6.57. The van der Waals surface area contributed by atoms with E-state index in [1.807, 2.05) is 38.1 Å². The summed E-state index contributed by atoms with van der Waals surface area (Å²) in [4.78, 5) is 28.6. The molecule has 0 saturated heterocycles. The van der Waals surface area contributed by atoms with E-state index >= 15 is 0 Å². The SMILES string of the molecule is CC[C@@H](C(=O)NC1CCCC1)N(Cc1ccccc1C)C(=O)CN(c1cccc(Cl)c1Cl)S(C)(=O)=O. The summed E-state index contributed by atoms with van der Waals surface area (Å²) in [5.74, 6) is -0.730. The van der Waals surface area contributed by atoms with Crippen molar-refractivity contribution in [3.8, 4) is 0 Å². The first-order chi connectivity index (χ1) is 17.0. The molecule has 0 heterocycles. The number of rotatable bonds is 10. The molecule has 3 rings (SSSR count). The molecular weight excluding hydrogens is 521 g/mol. The molecule has 2 aromatic carbocycles. The van der Waals surface area contributed by atoms with Gasteiger partial charge in [0.2, 0.25) is 21.8 Å². The number of nitrogens with one attached hydrogen (secondary N) is 1. The zero-order valence-corrected chi connectivity index (χ0v) is 23.2. The molecule has 0 spiro atoms. The average molecular weight is 555 g/mol. The number of benzene rings is 2. The molecule has 196 valence electrons. The molecular formula is C26H33Cl2N3O4S. The number of aryl methyl sites for hydroxylation is 1. The zero-order valence-electron chi connectivity index (χ0n) is 20.8. The summed E-state index contributed by atoms with van der Waals surface area (Å²) in [5, 5.41) is 3.31. The lowest BCUT2D eigenvalue weighted by atomic mass is 10.1. The van der Waals surface area contributed by atoms with E-state index < -0.39 is 28.5 Å². The highest BCUT2D eigenvalue weighted by atomic mass is 35.5. The van der Waals surface area contributed by atoms with Crippen LogP contribution in [0.5, 0.6) is 0 Å². The third-order valence-corrected chi connectivity index (χ3v) is 8.50. The molecule has 1 N–H and O–H groups in total. The fourth-order valence-electron chi connectivity index (χ4n) is 4.54. The van der Waals surface area contributed by atoms with Crippen molar-refractivity contribution in [1.82, 2.24) is 10.2 Å². The molecule has 1 fully saturated rings. The minimum atomic E-state index is -3.90. The van der Waals surface area contributed by atoms with Gasteiger partial charge in [-0.2, -0.15) is 0 Å². The summed E-state index contributed by atoms with van der Waals surface area (Å²) in [6.45, 7) is 3.44. The fourth-order valence-corrected chi connectivity index (χ4v) is 5.84. The van der Waals surface area contributed by atoms with Gasteiger partial charge in [0.15, 0.2) is 0 Å². The predicted molar refractivity (Wildman–Crippen MR) is 145 cm³/mol. The molecule has 2 amide bonds. The van der Waals surface area contributed by atoms with Gasteiger partial charge in [-0.25, -0.2) is 8.42 Å². The van der Waals surface area contributed by atoms with Gasteiger partial charge in [-0.05, 0) is 49.4 Å². The van der Waals surface area contributed by atoms with Crippen molar-refractivity contribution in [2.45, 2.75) is 64.6 Å². The molecule has 0 aliphatic heterocycles. The second kappa shape index (κ2) is 12.3. The summed E-state index contributed by atoms with van der Waals surface area (Å²) >= 11 is 12.4. The van der Waals surface area contributed by atoms with Gasteiger partial charge >= 0.3 is 0 Å². The van der Waals surface area contributed by atoms with Crippen LogP contribution in [0.4, 0.5) is 5.69 Å². The average Bonchev–Trinajstić information content (AvgIpc) is 3.33. The normalized spacial score (nSPS) is 14.9. The van der Waals surface area contributed by atoms with E-state index in [2.05, 4.69) is 5.32 Å². The maximum absolute atomic E-state index is 13.8. The summed E-state index contributed by atoms with van der Waals surface area (Å²) in [7, 11) is -3.90. The molecule has 0 bridgehead atoms. The van der Waals surface area contributed by atoms with Crippen LogP contribution in [-0.4, -0.2) is 50.0 Å². The number of carbonyl (C=O) groups excluding carboxylic acids is 2. The van der Waals surface area contributed by atoms with Crippen molar-refractivity contribution >= 4 is 50.7 Å². The van der Waals surface area contributed by atoms with Crippen LogP contribution in [0.25, 0.3) is 0 Å². The Morgan fingerprint density at radius 2 is 1.75 bits per heavy atom. The molecule has 10 heteroatoms. The van der Waals surface area contributed by atoms with Gasteiger partial charge in [0.25, 0.3) is 0 Å². The minimum Gasteiger partial charge on any atom is -0.352 e. The van der Waals surface area contributed by atoms with Crippen LogP contribution < -0.4 is 9.62 Å². The lowest BCUT2D eigenvalue weighted by molar-refractivity contribution is -0.140. The van der Waals surface area contributed by atoms with Crippen molar-refractivity contribution in [3.05, 3.63) is 63.6 Å². The molecule has 7 nitrogen and oxygen atoms in total. The summed E-state index contributed by atoms with van der Waals surface area (Å²) < 4.78 is 26.4. The van der Waals surface area contributed by atoms with Crippen molar-refractivity contribution in [2.75, 3.05) is 17.1 Å². The lowest BCUT2D eigenvalue weighted by Crippen LogP contribution is -2.53. The number of carbonyl (C=O) groups is 2. The summed E-state index contributed by atoms with van der Waals surface area (Å²) in [5.41, 5.74) is 1.96. The monoisotopic (exact) mass is 553 g/mol.